The summed E-state index contributed by atoms with van der Waals surface area (Å²) < 4.78 is 46.2. The Morgan fingerprint density at radius 1 is 0.941 bits per heavy atom. The van der Waals surface area contributed by atoms with Crippen molar-refractivity contribution in [1.82, 2.24) is 14.1 Å². The van der Waals surface area contributed by atoms with Gasteiger partial charge in [-0.25, -0.2) is 12.8 Å². The highest BCUT2D eigenvalue weighted by molar-refractivity contribution is 7.89. The van der Waals surface area contributed by atoms with Crippen molar-refractivity contribution in [2.75, 3.05) is 64.3 Å². The van der Waals surface area contributed by atoms with Crippen molar-refractivity contribution in [3.05, 3.63) is 59.9 Å². The molecule has 2 aliphatic heterocycles. The lowest BCUT2D eigenvalue weighted by molar-refractivity contribution is -0.117. The topological polar surface area (TPSA) is 99.3 Å². The van der Waals surface area contributed by atoms with Gasteiger partial charge in [-0.05, 0) is 30.3 Å². The number of halogens is 1. The molecule has 2 aliphatic rings. The molecular weight excluding hydrogens is 463 g/mol. The number of nitrogens with one attached hydrogen (secondary N) is 1. The van der Waals surface area contributed by atoms with Crippen LogP contribution in [0, 0.1) is 5.82 Å². The van der Waals surface area contributed by atoms with E-state index in [4.69, 9.17) is 4.74 Å². The predicted octanol–water partition coefficient (Wildman–Crippen LogP) is 1.24. The van der Waals surface area contributed by atoms with Crippen LogP contribution in [0.3, 0.4) is 0 Å². The van der Waals surface area contributed by atoms with E-state index in [-0.39, 0.29) is 41.9 Å². The molecule has 0 radical (unpaired) electrons. The van der Waals surface area contributed by atoms with Gasteiger partial charge in [0.15, 0.2) is 0 Å². The Morgan fingerprint density at radius 3 is 2.35 bits per heavy atom. The van der Waals surface area contributed by atoms with Gasteiger partial charge in [-0.15, -0.1) is 0 Å². The Labute approximate surface area is 198 Å². The Kier molecular flexibility index (Phi) is 7.57. The molecule has 2 saturated heterocycles. The highest BCUT2D eigenvalue weighted by atomic mass is 32.2. The van der Waals surface area contributed by atoms with E-state index in [0.717, 1.165) is 0 Å². The highest BCUT2D eigenvalue weighted by Crippen LogP contribution is 2.23. The fourth-order valence-electron chi connectivity index (χ4n) is 4.04. The first-order valence-electron chi connectivity index (χ1n) is 11.1. The van der Waals surface area contributed by atoms with Gasteiger partial charge in [0.2, 0.25) is 15.9 Å². The van der Waals surface area contributed by atoms with E-state index in [9.17, 15) is 22.4 Å². The third kappa shape index (κ3) is 5.61. The van der Waals surface area contributed by atoms with Gasteiger partial charge in [0, 0.05) is 45.0 Å². The molecule has 2 heterocycles. The molecule has 0 unspecified atom stereocenters. The Bertz CT molecular complexity index is 1150. The van der Waals surface area contributed by atoms with Gasteiger partial charge >= 0.3 is 0 Å². The number of ether oxygens (including phenoxy) is 1. The molecule has 182 valence electrons. The number of sulfonamides is 1. The third-order valence-corrected chi connectivity index (χ3v) is 7.80. The maximum Gasteiger partial charge on any atom is 0.255 e. The lowest BCUT2D eigenvalue weighted by Crippen LogP contribution is -2.50. The molecule has 11 heteroatoms. The largest absolute Gasteiger partial charge is 0.379 e. The van der Waals surface area contributed by atoms with E-state index in [2.05, 4.69) is 5.32 Å². The molecule has 9 nitrogen and oxygen atoms in total. The van der Waals surface area contributed by atoms with Crippen LogP contribution in [0.5, 0.6) is 0 Å². The molecule has 0 spiro atoms. The summed E-state index contributed by atoms with van der Waals surface area (Å²) in [5.41, 5.74) is 0.531. The highest BCUT2D eigenvalue weighted by Gasteiger charge is 2.32. The normalized spacial score (nSPS) is 18.0. The lowest BCUT2D eigenvalue weighted by atomic mass is 10.2. The first kappa shape index (κ1) is 24.3. The number of nitrogens with zero attached hydrogens (tertiary/aromatic N) is 3. The van der Waals surface area contributed by atoms with Crippen molar-refractivity contribution in [2.45, 2.75) is 4.90 Å². The van der Waals surface area contributed by atoms with Crippen molar-refractivity contribution in [3.8, 4) is 0 Å². The Hall–Kier alpha value is -2.86. The minimum absolute atomic E-state index is 0.00111. The van der Waals surface area contributed by atoms with Crippen LogP contribution in [0.15, 0.2) is 53.4 Å². The molecule has 2 amide bonds. The van der Waals surface area contributed by atoms with Crippen LogP contribution in [-0.4, -0.2) is 93.4 Å². The number of rotatable bonds is 6. The van der Waals surface area contributed by atoms with Crippen LogP contribution < -0.4 is 5.32 Å². The number of benzene rings is 2. The van der Waals surface area contributed by atoms with E-state index in [0.29, 0.717) is 45.1 Å². The van der Waals surface area contributed by atoms with E-state index in [1.165, 1.54) is 34.6 Å². The number of amides is 2. The summed E-state index contributed by atoms with van der Waals surface area (Å²) in [5, 5.41) is 2.66. The minimum atomic E-state index is -3.82. The number of piperazine rings is 1. The number of carbonyl (C=O) groups is 2. The summed E-state index contributed by atoms with van der Waals surface area (Å²) in [7, 11) is -3.82. The van der Waals surface area contributed by atoms with Crippen molar-refractivity contribution < 1.29 is 27.1 Å². The van der Waals surface area contributed by atoms with Crippen LogP contribution in [0.1, 0.15) is 10.4 Å². The molecule has 0 atom stereocenters. The average Bonchev–Trinajstić information content (AvgIpc) is 2.84. The predicted molar refractivity (Wildman–Crippen MR) is 123 cm³/mol. The summed E-state index contributed by atoms with van der Waals surface area (Å²) in [6.45, 7) is 2.90. The zero-order valence-corrected chi connectivity index (χ0v) is 19.5. The van der Waals surface area contributed by atoms with Gasteiger partial charge in [-0.2, -0.15) is 4.31 Å². The number of hydrogen-bond donors (Lipinski definition) is 1. The standard InChI is InChI=1S/C23H27FN4O5S/c24-18-4-3-5-19(16-18)25-22(29)17-26-8-10-27(11-9-26)23(30)20-6-1-2-7-21(20)34(31,32)28-12-14-33-15-13-28/h1-7,16H,8-15,17H2,(H,25,29). The van der Waals surface area contributed by atoms with Crippen LogP contribution in [0.4, 0.5) is 10.1 Å². The number of morpholine rings is 1. The van der Waals surface area contributed by atoms with Crippen LogP contribution in [0.2, 0.25) is 0 Å². The summed E-state index contributed by atoms with van der Waals surface area (Å²) in [4.78, 5) is 29.0. The molecule has 2 aromatic rings. The monoisotopic (exact) mass is 490 g/mol. The molecule has 0 bridgehead atoms. The number of carbonyl (C=O) groups excluding carboxylic acids is 2. The van der Waals surface area contributed by atoms with Gasteiger partial charge in [-0.1, -0.05) is 18.2 Å². The van der Waals surface area contributed by atoms with Crippen LogP contribution >= 0.6 is 0 Å². The van der Waals surface area contributed by atoms with Crippen molar-refractivity contribution in [1.29, 1.82) is 0 Å². The lowest BCUT2D eigenvalue weighted by Gasteiger charge is -2.35. The number of hydrogen-bond acceptors (Lipinski definition) is 6. The average molecular weight is 491 g/mol. The van der Waals surface area contributed by atoms with Crippen LogP contribution in [-0.2, 0) is 19.6 Å². The molecule has 1 N–H and O–H groups in total. The molecule has 0 aromatic heterocycles. The van der Waals surface area contributed by atoms with Gasteiger partial charge in [0.1, 0.15) is 5.82 Å². The smallest absolute Gasteiger partial charge is 0.255 e. The molecule has 34 heavy (non-hydrogen) atoms. The van der Waals surface area contributed by atoms with Gasteiger partial charge in [0.25, 0.3) is 5.91 Å². The molecular formula is C23H27FN4O5S. The molecule has 4 rings (SSSR count). The summed E-state index contributed by atoms with van der Waals surface area (Å²) in [5.74, 6) is -1.05. The molecule has 2 fully saturated rings. The first-order valence-corrected chi connectivity index (χ1v) is 12.5. The summed E-state index contributed by atoms with van der Waals surface area (Å²) in [6.07, 6.45) is 0. The minimum Gasteiger partial charge on any atom is -0.379 e. The van der Waals surface area contributed by atoms with E-state index < -0.39 is 15.8 Å². The third-order valence-electron chi connectivity index (χ3n) is 5.84. The van der Waals surface area contributed by atoms with Crippen molar-refractivity contribution >= 4 is 27.5 Å². The fraction of sp³-hybridized carbons (Fsp3) is 0.391. The van der Waals surface area contributed by atoms with Gasteiger partial charge in [-0.3, -0.25) is 14.5 Å². The molecule has 2 aromatic carbocycles. The first-order chi connectivity index (χ1) is 16.3. The maximum atomic E-state index is 13.3. The van der Waals surface area contributed by atoms with Crippen LogP contribution in [0.25, 0.3) is 0 Å². The SMILES string of the molecule is O=C(CN1CCN(C(=O)c2ccccc2S(=O)(=O)N2CCOCC2)CC1)Nc1cccc(F)c1. The zero-order valence-electron chi connectivity index (χ0n) is 18.7. The second kappa shape index (κ2) is 10.6. The molecule has 0 saturated carbocycles. The van der Waals surface area contributed by atoms with Crippen molar-refractivity contribution in [3.63, 3.8) is 0 Å². The van der Waals surface area contributed by atoms with E-state index >= 15 is 0 Å². The van der Waals surface area contributed by atoms with Gasteiger partial charge in [0.05, 0.1) is 30.2 Å². The maximum absolute atomic E-state index is 13.3. The van der Waals surface area contributed by atoms with Gasteiger partial charge < -0.3 is 15.0 Å². The summed E-state index contributed by atoms with van der Waals surface area (Å²) in [6, 6.07) is 11.9. The van der Waals surface area contributed by atoms with Crippen molar-refractivity contribution in [2.24, 2.45) is 0 Å². The quantitative estimate of drug-likeness (QED) is 0.654. The Balaban J connectivity index is 1.37. The number of anilines is 1. The van der Waals surface area contributed by atoms with E-state index in [1.54, 1.807) is 23.1 Å². The second-order valence-electron chi connectivity index (χ2n) is 8.14. The molecule has 0 aliphatic carbocycles. The fourth-order valence-corrected chi connectivity index (χ4v) is 5.64. The summed E-state index contributed by atoms with van der Waals surface area (Å²) >= 11 is 0. The Morgan fingerprint density at radius 2 is 1.65 bits per heavy atom. The van der Waals surface area contributed by atoms with E-state index in [1.807, 2.05) is 4.90 Å². The zero-order chi connectivity index (χ0) is 24.1. The second-order valence-corrected chi connectivity index (χ2v) is 10.0.